The molecule has 1 amide bonds. The van der Waals surface area contributed by atoms with Gasteiger partial charge in [0.15, 0.2) is 0 Å². The Labute approximate surface area is 153 Å². The maximum absolute atomic E-state index is 12.5. The van der Waals surface area contributed by atoms with Gasteiger partial charge in [0.05, 0.1) is 7.11 Å². The van der Waals surface area contributed by atoms with Gasteiger partial charge in [-0.2, -0.15) is 0 Å². The summed E-state index contributed by atoms with van der Waals surface area (Å²) in [6.45, 7) is 4.44. The number of rotatable bonds is 6. The van der Waals surface area contributed by atoms with E-state index >= 15 is 0 Å². The molecule has 2 heterocycles. The zero-order valence-corrected chi connectivity index (χ0v) is 15.6. The summed E-state index contributed by atoms with van der Waals surface area (Å²) in [6.07, 6.45) is 1.77. The number of benzene rings is 1. The van der Waals surface area contributed by atoms with Gasteiger partial charge in [0.1, 0.15) is 11.3 Å². The highest BCUT2D eigenvalue weighted by Crippen LogP contribution is 2.25. The van der Waals surface area contributed by atoms with Crippen molar-refractivity contribution in [3.63, 3.8) is 0 Å². The zero-order chi connectivity index (χ0) is 18.7. The van der Waals surface area contributed by atoms with Crippen LogP contribution in [0.3, 0.4) is 0 Å². The molecular weight excluding hydrogens is 332 g/mol. The molecule has 1 aromatic carbocycles. The number of nitrogens with zero attached hydrogens (tertiary/aromatic N) is 1. The first kappa shape index (κ1) is 18.5. The van der Waals surface area contributed by atoms with Gasteiger partial charge in [0, 0.05) is 36.5 Å². The van der Waals surface area contributed by atoms with E-state index in [1.54, 1.807) is 13.2 Å². The Kier molecular flexibility index (Phi) is 5.61. The summed E-state index contributed by atoms with van der Waals surface area (Å²) in [5.74, 6) is 1.27. The molecule has 6 heteroatoms. The molecule has 1 aliphatic heterocycles. The Morgan fingerprint density at radius 3 is 2.96 bits per heavy atom. The average Bonchev–Trinajstić information content (AvgIpc) is 3.10. The van der Waals surface area contributed by atoms with Crippen LogP contribution in [0.2, 0.25) is 0 Å². The molecule has 1 aliphatic rings. The van der Waals surface area contributed by atoms with E-state index < -0.39 is 0 Å². The molecule has 140 valence electrons. The van der Waals surface area contributed by atoms with Gasteiger partial charge in [-0.15, -0.1) is 0 Å². The molecule has 0 saturated carbocycles. The van der Waals surface area contributed by atoms with Crippen LogP contribution in [0.1, 0.15) is 24.0 Å². The standard InChI is InChI=1S/C20H26N2O4/c1-13-16-5-4-15(25-3)10-18(16)26-20(24)17(13)6-7-19(23)22-9-8-14(12-22)11-21-2/h4-5,10,14,21H,6-9,11-12H2,1-3H3. The van der Waals surface area contributed by atoms with Crippen molar-refractivity contribution < 1.29 is 13.9 Å². The van der Waals surface area contributed by atoms with Crippen LogP contribution in [0.15, 0.2) is 27.4 Å². The second kappa shape index (κ2) is 7.91. The van der Waals surface area contributed by atoms with Crippen LogP contribution in [-0.4, -0.2) is 44.6 Å². The smallest absolute Gasteiger partial charge is 0.339 e. The molecule has 3 rings (SSSR count). The van der Waals surface area contributed by atoms with Crippen molar-refractivity contribution in [3.8, 4) is 5.75 Å². The lowest BCUT2D eigenvalue weighted by Crippen LogP contribution is -2.30. The van der Waals surface area contributed by atoms with Crippen molar-refractivity contribution in [1.82, 2.24) is 10.2 Å². The van der Waals surface area contributed by atoms with Gasteiger partial charge >= 0.3 is 5.63 Å². The van der Waals surface area contributed by atoms with E-state index in [1.807, 2.05) is 31.0 Å². The fourth-order valence-corrected chi connectivity index (χ4v) is 3.70. The van der Waals surface area contributed by atoms with Crippen molar-refractivity contribution in [2.75, 3.05) is 33.8 Å². The van der Waals surface area contributed by atoms with Crippen LogP contribution in [0, 0.1) is 12.8 Å². The number of carbonyl (C=O) groups excluding carboxylic acids is 1. The molecular formula is C20H26N2O4. The highest BCUT2D eigenvalue weighted by molar-refractivity contribution is 5.82. The summed E-state index contributed by atoms with van der Waals surface area (Å²) in [7, 11) is 3.51. The molecule has 2 aromatic rings. The Morgan fingerprint density at radius 2 is 2.23 bits per heavy atom. The maximum atomic E-state index is 12.5. The van der Waals surface area contributed by atoms with Crippen LogP contribution in [0.25, 0.3) is 11.0 Å². The number of hydrogen-bond donors (Lipinski definition) is 1. The van der Waals surface area contributed by atoms with Crippen LogP contribution < -0.4 is 15.7 Å². The average molecular weight is 358 g/mol. The van der Waals surface area contributed by atoms with Crippen molar-refractivity contribution in [2.45, 2.75) is 26.2 Å². The third kappa shape index (κ3) is 3.75. The summed E-state index contributed by atoms with van der Waals surface area (Å²) in [5, 5.41) is 4.04. The SMILES string of the molecule is CNCC1CCN(C(=O)CCc2c(C)c3ccc(OC)cc3oc2=O)C1. The third-order valence-electron chi connectivity index (χ3n) is 5.21. The minimum atomic E-state index is -0.370. The number of fused-ring (bicyclic) bond motifs is 1. The molecule has 0 radical (unpaired) electrons. The largest absolute Gasteiger partial charge is 0.497 e. The van der Waals surface area contributed by atoms with E-state index in [-0.39, 0.29) is 11.5 Å². The molecule has 0 bridgehead atoms. The Hall–Kier alpha value is -2.34. The summed E-state index contributed by atoms with van der Waals surface area (Å²) in [5.41, 5.74) is 1.60. The predicted octanol–water partition coefficient (Wildman–Crippen LogP) is 2.11. The first-order valence-electron chi connectivity index (χ1n) is 9.06. The van der Waals surface area contributed by atoms with Gasteiger partial charge < -0.3 is 19.4 Å². The molecule has 1 aromatic heterocycles. The molecule has 0 spiro atoms. The highest BCUT2D eigenvalue weighted by Gasteiger charge is 2.25. The summed E-state index contributed by atoms with van der Waals surface area (Å²) in [4.78, 5) is 26.8. The number of likely N-dealkylation sites (tertiary alicyclic amines) is 1. The first-order chi connectivity index (χ1) is 12.5. The van der Waals surface area contributed by atoms with E-state index in [2.05, 4.69) is 5.32 Å². The number of aryl methyl sites for hydroxylation is 1. The first-order valence-corrected chi connectivity index (χ1v) is 9.06. The lowest BCUT2D eigenvalue weighted by molar-refractivity contribution is -0.130. The van der Waals surface area contributed by atoms with E-state index in [1.165, 1.54) is 0 Å². The van der Waals surface area contributed by atoms with Gasteiger partial charge in [-0.1, -0.05) is 0 Å². The molecule has 6 nitrogen and oxygen atoms in total. The number of methoxy groups -OCH3 is 1. The van der Waals surface area contributed by atoms with E-state index in [4.69, 9.17) is 9.15 Å². The Bertz CT molecular complexity index is 859. The fourth-order valence-electron chi connectivity index (χ4n) is 3.70. The molecule has 1 saturated heterocycles. The van der Waals surface area contributed by atoms with E-state index in [0.717, 1.165) is 37.0 Å². The van der Waals surface area contributed by atoms with Crippen LogP contribution in [0.4, 0.5) is 0 Å². The number of ether oxygens (including phenoxy) is 1. The lowest BCUT2D eigenvalue weighted by atomic mass is 10.0. The van der Waals surface area contributed by atoms with Crippen molar-refractivity contribution in [2.24, 2.45) is 5.92 Å². The van der Waals surface area contributed by atoms with Crippen molar-refractivity contribution in [1.29, 1.82) is 0 Å². The second-order valence-corrected chi connectivity index (χ2v) is 6.91. The maximum Gasteiger partial charge on any atom is 0.339 e. The van der Waals surface area contributed by atoms with Crippen LogP contribution in [-0.2, 0) is 11.2 Å². The minimum absolute atomic E-state index is 0.109. The van der Waals surface area contributed by atoms with Gasteiger partial charge in [-0.05, 0) is 57.0 Å². The highest BCUT2D eigenvalue weighted by atomic mass is 16.5. The number of amides is 1. The minimum Gasteiger partial charge on any atom is -0.497 e. The lowest BCUT2D eigenvalue weighted by Gasteiger charge is -2.17. The normalized spacial score (nSPS) is 17.0. The molecule has 1 unspecified atom stereocenters. The third-order valence-corrected chi connectivity index (χ3v) is 5.21. The monoisotopic (exact) mass is 358 g/mol. The quantitative estimate of drug-likeness (QED) is 0.801. The number of carbonyl (C=O) groups is 1. The summed E-state index contributed by atoms with van der Waals surface area (Å²) < 4.78 is 10.6. The fraction of sp³-hybridized carbons (Fsp3) is 0.500. The van der Waals surface area contributed by atoms with Gasteiger partial charge in [0.2, 0.25) is 5.91 Å². The molecule has 0 aliphatic carbocycles. The Morgan fingerprint density at radius 1 is 1.42 bits per heavy atom. The van der Waals surface area contributed by atoms with Crippen molar-refractivity contribution >= 4 is 16.9 Å². The summed E-state index contributed by atoms with van der Waals surface area (Å²) >= 11 is 0. The summed E-state index contributed by atoms with van der Waals surface area (Å²) in [6, 6.07) is 5.45. The Balaban J connectivity index is 1.73. The molecule has 26 heavy (non-hydrogen) atoms. The van der Waals surface area contributed by atoms with E-state index in [9.17, 15) is 9.59 Å². The van der Waals surface area contributed by atoms with Crippen LogP contribution >= 0.6 is 0 Å². The second-order valence-electron chi connectivity index (χ2n) is 6.91. The zero-order valence-electron chi connectivity index (χ0n) is 15.6. The van der Waals surface area contributed by atoms with Gasteiger partial charge in [0.25, 0.3) is 0 Å². The number of hydrogen-bond acceptors (Lipinski definition) is 5. The van der Waals surface area contributed by atoms with Crippen molar-refractivity contribution in [3.05, 3.63) is 39.7 Å². The molecule has 1 N–H and O–H groups in total. The van der Waals surface area contributed by atoms with Gasteiger partial charge in [-0.3, -0.25) is 4.79 Å². The van der Waals surface area contributed by atoms with Gasteiger partial charge in [-0.25, -0.2) is 4.79 Å². The topological polar surface area (TPSA) is 71.8 Å². The number of nitrogens with one attached hydrogen (secondary N) is 1. The molecule has 1 atom stereocenters. The molecule has 1 fully saturated rings. The van der Waals surface area contributed by atoms with E-state index in [0.29, 0.717) is 35.7 Å². The van der Waals surface area contributed by atoms with Crippen LogP contribution in [0.5, 0.6) is 5.75 Å². The predicted molar refractivity (Wildman–Crippen MR) is 101 cm³/mol.